The summed E-state index contributed by atoms with van der Waals surface area (Å²) in [7, 11) is 0. The first-order valence-corrected chi connectivity index (χ1v) is 6.72. The summed E-state index contributed by atoms with van der Waals surface area (Å²) in [6, 6.07) is 1.95. The van der Waals surface area contributed by atoms with Gasteiger partial charge >= 0.3 is 0 Å². The van der Waals surface area contributed by atoms with Crippen molar-refractivity contribution in [3.05, 3.63) is 51.0 Å². The second kappa shape index (κ2) is 5.73. The van der Waals surface area contributed by atoms with Gasteiger partial charge in [0.05, 0.1) is 11.0 Å². The first kappa shape index (κ1) is 14.0. The van der Waals surface area contributed by atoms with Crippen molar-refractivity contribution in [1.29, 1.82) is 0 Å². The number of hydrogen-bond donors (Lipinski definition) is 2. The molecule has 0 bridgehead atoms. The maximum Gasteiger partial charge on any atom is 0.130 e. The molecule has 1 atom stereocenters. The Morgan fingerprint density at radius 3 is 2.63 bits per heavy atom. The Kier molecular flexibility index (Phi) is 4.24. The first-order valence-electron chi connectivity index (χ1n) is 5.84. The van der Waals surface area contributed by atoms with E-state index in [2.05, 4.69) is 10.4 Å². The van der Waals surface area contributed by atoms with Gasteiger partial charge in [-0.3, -0.25) is 11.3 Å². The van der Waals surface area contributed by atoms with E-state index in [0.717, 1.165) is 16.8 Å². The largest absolute Gasteiger partial charge is 0.271 e. The number of hydrazine groups is 1. The van der Waals surface area contributed by atoms with Crippen LogP contribution in [0.5, 0.6) is 0 Å². The van der Waals surface area contributed by atoms with Crippen molar-refractivity contribution < 1.29 is 8.78 Å². The lowest BCUT2D eigenvalue weighted by Crippen LogP contribution is -2.30. The van der Waals surface area contributed by atoms with Crippen LogP contribution in [0.4, 0.5) is 8.78 Å². The van der Waals surface area contributed by atoms with Crippen LogP contribution in [-0.2, 0) is 6.42 Å². The highest BCUT2D eigenvalue weighted by molar-refractivity contribution is 7.09. The zero-order valence-electron chi connectivity index (χ0n) is 10.7. The van der Waals surface area contributed by atoms with Crippen molar-refractivity contribution in [3.63, 3.8) is 0 Å². The summed E-state index contributed by atoms with van der Waals surface area (Å²) in [6.45, 7) is 3.49. The Morgan fingerprint density at radius 2 is 2.05 bits per heavy atom. The van der Waals surface area contributed by atoms with Gasteiger partial charge in [-0.2, -0.15) is 0 Å². The van der Waals surface area contributed by atoms with Crippen LogP contribution in [-0.4, -0.2) is 4.98 Å². The topological polar surface area (TPSA) is 50.9 Å². The van der Waals surface area contributed by atoms with Gasteiger partial charge in [0, 0.05) is 29.1 Å². The van der Waals surface area contributed by atoms with Crippen LogP contribution in [0.1, 0.15) is 27.9 Å². The number of benzene rings is 1. The van der Waals surface area contributed by atoms with Gasteiger partial charge < -0.3 is 0 Å². The quantitative estimate of drug-likeness (QED) is 0.670. The molecule has 0 spiro atoms. The van der Waals surface area contributed by atoms with E-state index in [1.807, 2.05) is 12.3 Å². The molecule has 0 saturated carbocycles. The van der Waals surface area contributed by atoms with Crippen molar-refractivity contribution in [3.8, 4) is 0 Å². The lowest BCUT2D eigenvalue weighted by molar-refractivity contribution is 0.500. The van der Waals surface area contributed by atoms with Gasteiger partial charge in [0.2, 0.25) is 0 Å². The average Bonchev–Trinajstić information content (AvgIpc) is 2.77. The third kappa shape index (κ3) is 3.15. The Hall–Kier alpha value is -1.37. The van der Waals surface area contributed by atoms with Crippen LogP contribution in [0.25, 0.3) is 0 Å². The molecule has 0 fully saturated rings. The second-order valence-corrected chi connectivity index (χ2v) is 5.37. The minimum Gasteiger partial charge on any atom is -0.271 e. The van der Waals surface area contributed by atoms with Crippen LogP contribution in [0.3, 0.4) is 0 Å². The van der Waals surface area contributed by atoms with Crippen molar-refractivity contribution in [2.45, 2.75) is 26.3 Å². The van der Waals surface area contributed by atoms with E-state index >= 15 is 0 Å². The van der Waals surface area contributed by atoms with Gasteiger partial charge in [0.1, 0.15) is 11.6 Å². The minimum atomic E-state index is -0.598. The maximum atomic E-state index is 13.8. The molecule has 3 nitrogen and oxygen atoms in total. The predicted molar refractivity (Wildman–Crippen MR) is 71.7 cm³/mol. The molecule has 1 aromatic carbocycles. The molecule has 2 aromatic rings. The summed E-state index contributed by atoms with van der Waals surface area (Å²) in [6.07, 6.45) is 0.469. The molecular formula is C13H15F2N3S. The van der Waals surface area contributed by atoms with E-state index < -0.39 is 17.7 Å². The number of hydrogen-bond acceptors (Lipinski definition) is 4. The summed E-state index contributed by atoms with van der Waals surface area (Å²) in [5.74, 6) is 4.33. The zero-order chi connectivity index (χ0) is 14.0. The number of halogens is 2. The van der Waals surface area contributed by atoms with Crippen LogP contribution in [0, 0.1) is 25.5 Å². The van der Waals surface area contributed by atoms with Crippen LogP contribution >= 0.6 is 11.3 Å². The number of thiazole rings is 1. The number of aromatic nitrogens is 1. The SMILES string of the molecule is Cc1csc(CC(NN)c2cc(C)c(F)cc2F)n1. The van der Waals surface area contributed by atoms with Gasteiger partial charge in [-0.25, -0.2) is 13.8 Å². The Labute approximate surface area is 114 Å². The van der Waals surface area contributed by atoms with Crippen molar-refractivity contribution >= 4 is 11.3 Å². The molecule has 0 amide bonds. The van der Waals surface area contributed by atoms with Gasteiger partial charge in [-0.05, 0) is 25.5 Å². The van der Waals surface area contributed by atoms with E-state index in [0.29, 0.717) is 17.5 Å². The number of nitrogens with one attached hydrogen (secondary N) is 1. The molecule has 2 rings (SSSR count). The monoisotopic (exact) mass is 283 g/mol. The molecule has 3 N–H and O–H groups in total. The molecule has 0 aliphatic heterocycles. The molecule has 1 aromatic heterocycles. The first-order chi connectivity index (χ1) is 9.01. The summed E-state index contributed by atoms with van der Waals surface area (Å²) in [5, 5.41) is 2.79. The smallest absolute Gasteiger partial charge is 0.130 e. The van der Waals surface area contributed by atoms with Gasteiger partial charge in [-0.1, -0.05) is 0 Å². The van der Waals surface area contributed by atoms with E-state index in [9.17, 15) is 8.78 Å². The van der Waals surface area contributed by atoms with Crippen LogP contribution in [0.15, 0.2) is 17.5 Å². The number of rotatable bonds is 4. The fraction of sp³-hybridized carbons (Fsp3) is 0.308. The van der Waals surface area contributed by atoms with Crippen LogP contribution < -0.4 is 11.3 Å². The van der Waals surface area contributed by atoms with Gasteiger partial charge in [-0.15, -0.1) is 11.3 Å². The zero-order valence-corrected chi connectivity index (χ0v) is 11.5. The van der Waals surface area contributed by atoms with Crippen molar-refractivity contribution in [2.75, 3.05) is 0 Å². The third-order valence-corrected chi connectivity index (χ3v) is 3.89. The van der Waals surface area contributed by atoms with Crippen molar-refractivity contribution in [2.24, 2.45) is 5.84 Å². The van der Waals surface area contributed by atoms with E-state index in [-0.39, 0.29) is 0 Å². The molecule has 0 saturated heterocycles. The number of nitrogens with zero attached hydrogens (tertiary/aromatic N) is 1. The minimum absolute atomic E-state index is 0.356. The Bertz CT molecular complexity index is 583. The van der Waals surface area contributed by atoms with Gasteiger partial charge in [0.25, 0.3) is 0 Å². The number of aryl methyl sites for hydroxylation is 2. The lowest BCUT2D eigenvalue weighted by Gasteiger charge is -2.16. The highest BCUT2D eigenvalue weighted by atomic mass is 32.1. The summed E-state index contributed by atoms with van der Waals surface area (Å²) in [4.78, 5) is 4.32. The van der Waals surface area contributed by atoms with Crippen molar-refractivity contribution in [1.82, 2.24) is 10.4 Å². The fourth-order valence-corrected chi connectivity index (χ4v) is 2.70. The average molecular weight is 283 g/mol. The predicted octanol–water partition coefficient (Wildman–Crippen LogP) is 2.79. The molecule has 19 heavy (non-hydrogen) atoms. The summed E-state index contributed by atoms with van der Waals surface area (Å²) in [5.41, 5.74) is 4.24. The fourth-order valence-electron chi connectivity index (χ4n) is 1.88. The third-order valence-electron chi connectivity index (χ3n) is 2.90. The maximum absolute atomic E-state index is 13.8. The summed E-state index contributed by atoms with van der Waals surface area (Å²) < 4.78 is 27.1. The molecule has 0 radical (unpaired) electrons. The lowest BCUT2D eigenvalue weighted by atomic mass is 10.0. The molecule has 6 heteroatoms. The Morgan fingerprint density at radius 1 is 1.32 bits per heavy atom. The van der Waals surface area contributed by atoms with E-state index in [1.54, 1.807) is 6.92 Å². The molecule has 1 unspecified atom stereocenters. The normalized spacial score (nSPS) is 12.7. The standard InChI is InChI=1S/C13H15F2N3S/c1-7-3-9(11(15)4-10(7)14)12(18-16)5-13-17-8(2)6-19-13/h3-4,6,12,18H,5,16H2,1-2H3. The summed E-state index contributed by atoms with van der Waals surface area (Å²) >= 11 is 1.50. The molecule has 0 aliphatic carbocycles. The van der Waals surface area contributed by atoms with E-state index in [1.165, 1.54) is 17.4 Å². The molecule has 102 valence electrons. The Balaban J connectivity index is 2.29. The van der Waals surface area contributed by atoms with E-state index in [4.69, 9.17) is 5.84 Å². The second-order valence-electron chi connectivity index (χ2n) is 4.43. The molecule has 0 aliphatic rings. The molecular weight excluding hydrogens is 268 g/mol. The van der Waals surface area contributed by atoms with Crippen LogP contribution in [0.2, 0.25) is 0 Å². The molecule has 1 heterocycles. The number of nitrogens with two attached hydrogens (primary N) is 1. The highest BCUT2D eigenvalue weighted by Crippen LogP contribution is 2.24. The van der Waals surface area contributed by atoms with Gasteiger partial charge in [0.15, 0.2) is 0 Å². The highest BCUT2D eigenvalue weighted by Gasteiger charge is 2.18.